The molecule has 0 saturated carbocycles. The van der Waals surface area contributed by atoms with Crippen molar-refractivity contribution in [1.29, 1.82) is 0 Å². The normalized spacial score (nSPS) is 22.4. The number of aliphatic carboxylic acids is 1. The lowest BCUT2D eigenvalue weighted by Crippen LogP contribution is -2.48. The van der Waals surface area contributed by atoms with Crippen molar-refractivity contribution in [3.8, 4) is 0 Å². The zero-order valence-corrected chi connectivity index (χ0v) is 8.81. The second kappa shape index (κ2) is 6.41. The lowest BCUT2D eigenvalue weighted by Gasteiger charge is -2.23. The van der Waals surface area contributed by atoms with Gasteiger partial charge in [0, 0.05) is 19.0 Å². The van der Waals surface area contributed by atoms with Gasteiger partial charge >= 0.3 is 5.97 Å². The summed E-state index contributed by atoms with van der Waals surface area (Å²) in [5, 5.41) is 22.6. The number of ether oxygens (including phenoxy) is 1. The van der Waals surface area contributed by atoms with Crippen molar-refractivity contribution in [3.05, 3.63) is 0 Å². The number of carbonyl (C=O) groups excluding carboxylic acids is 1. The summed E-state index contributed by atoms with van der Waals surface area (Å²) in [4.78, 5) is 21.9. The number of morpholine rings is 1. The van der Waals surface area contributed by atoms with Crippen molar-refractivity contribution < 1.29 is 24.5 Å². The second-order valence-electron chi connectivity index (χ2n) is 3.57. The van der Waals surface area contributed by atoms with E-state index in [2.05, 4.69) is 10.6 Å². The number of rotatable bonds is 5. The highest BCUT2D eigenvalue weighted by molar-refractivity contribution is 5.83. The minimum atomic E-state index is -1.25. The molecular weight excluding hydrogens is 216 g/mol. The van der Waals surface area contributed by atoms with Gasteiger partial charge in [0.1, 0.15) is 6.04 Å². The van der Waals surface area contributed by atoms with Crippen LogP contribution in [0.5, 0.6) is 0 Å². The minimum absolute atomic E-state index is 0.0955. The van der Waals surface area contributed by atoms with Gasteiger partial charge in [-0.25, -0.2) is 4.79 Å². The number of aliphatic hydroxyl groups excluding tert-OH is 1. The van der Waals surface area contributed by atoms with Gasteiger partial charge in [-0.3, -0.25) is 4.79 Å². The van der Waals surface area contributed by atoms with E-state index in [1.807, 2.05) is 0 Å². The SMILES string of the molecule is O=C(CC1COCCN1)NC(CO)C(=O)O. The molecule has 1 aliphatic heterocycles. The maximum atomic E-state index is 11.4. The molecule has 0 aliphatic carbocycles. The number of amides is 1. The van der Waals surface area contributed by atoms with Crippen LogP contribution in [0.15, 0.2) is 0 Å². The van der Waals surface area contributed by atoms with E-state index in [4.69, 9.17) is 14.9 Å². The molecule has 7 nitrogen and oxygen atoms in total. The summed E-state index contributed by atoms with van der Waals surface area (Å²) >= 11 is 0. The topological polar surface area (TPSA) is 108 Å². The molecule has 1 fully saturated rings. The predicted molar refractivity (Wildman–Crippen MR) is 53.9 cm³/mol. The Balaban J connectivity index is 2.31. The molecule has 16 heavy (non-hydrogen) atoms. The van der Waals surface area contributed by atoms with E-state index in [1.54, 1.807) is 0 Å². The Morgan fingerprint density at radius 2 is 2.31 bits per heavy atom. The first-order chi connectivity index (χ1) is 7.63. The fraction of sp³-hybridized carbons (Fsp3) is 0.778. The van der Waals surface area contributed by atoms with Crippen LogP contribution in [0.1, 0.15) is 6.42 Å². The maximum Gasteiger partial charge on any atom is 0.328 e. The van der Waals surface area contributed by atoms with Crippen LogP contribution >= 0.6 is 0 Å². The van der Waals surface area contributed by atoms with Gasteiger partial charge in [0.2, 0.25) is 5.91 Å². The van der Waals surface area contributed by atoms with Crippen molar-refractivity contribution >= 4 is 11.9 Å². The van der Waals surface area contributed by atoms with Crippen molar-refractivity contribution in [3.63, 3.8) is 0 Å². The predicted octanol–water partition coefficient (Wildman–Crippen LogP) is -2.07. The van der Waals surface area contributed by atoms with E-state index in [1.165, 1.54) is 0 Å². The monoisotopic (exact) mass is 232 g/mol. The van der Waals surface area contributed by atoms with Crippen molar-refractivity contribution in [2.75, 3.05) is 26.4 Å². The first-order valence-corrected chi connectivity index (χ1v) is 5.07. The lowest BCUT2D eigenvalue weighted by atomic mass is 10.2. The number of aliphatic hydroxyl groups is 1. The standard InChI is InChI=1S/C9H16N2O5/c12-4-7(9(14)15)11-8(13)3-6-5-16-2-1-10-6/h6-7,10,12H,1-5H2,(H,11,13)(H,14,15). The summed E-state index contributed by atoms with van der Waals surface area (Å²) in [6.45, 7) is 1.12. The first kappa shape index (κ1) is 12.9. The Kier molecular flexibility index (Phi) is 5.17. The molecule has 0 bridgehead atoms. The van der Waals surface area contributed by atoms with Crippen molar-refractivity contribution in [2.24, 2.45) is 0 Å². The maximum absolute atomic E-state index is 11.4. The highest BCUT2D eigenvalue weighted by Crippen LogP contribution is 1.98. The molecule has 1 heterocycles. The molecule has 7 heteroatoms. The van der Waals surface area contributed by atoms with E-state index in [-0.39, 0.29) is 12.5 Å². The Morgan fingerprint density at radius 1 is 1.56 bits per heavy atom. The summed E-state index contributed by atoms with van der Waals surface area (Å²) in [6, 6.07) is -1.33. The molecule has 92 valence electrons. The Bertz CT molecular complexity index is 252. The zero-order valence-electron chi connectivity index (χ0n) is 8.81. The van der Waals surface area contributed by atoms with Crippen LogP contribution in [0.3, 0.4) is 0 Å². The largest absolute Gasteiger partial charge is 0.480 e. The van der Waals surface area contributed by atoms with Crippen LogP contribution in [0.25, 0.3) is 0 Å². The van der Waals surface area contributed by atoms with E-state index >= 15 is 0 Å². The molecule has 1 aliphatic rings. The molecule has 0 radical (unpaired) electrons. The fourth-order valence-corrected chi connectivity index (χ4v) is 1.41. The van der Waals surface area contributed by atoms with Gasteiger partial charge in [-0.05, 0) is 0 Å². The van der Waals surface area contributed by atoms with E-state index in [0.29, 0.717) is 19.8 Å². The van der Waals surface area contributed by atoms with Crippen LogP contribution in [0, 0.1) is 0 Å². The molecule has 0 spiro atoms. The van der Waals surface area contributed by atoms with Gasteiger partial charge in [0.15, 0.2) is 0 Å². The van der Waals surface area contributed by atoms with Crippen LogP contribution in [-0.4, -0.2) is 60.5 Å². The molecule has 1 saturated heterocycles. The summed E-state index contributed by atoms with van der Waals surface area (Å²) in [5.74, 6) is -1.66. The van der Waals surface area contributed by atoms with Crippen molar-refractivity contribution in [2.45, 2.75) is 18.5 Å². The highest BCUT2D eigenvalue weighted by atomic mass is 16.5. The zero-order chi connectivity index (χ0) is 12.0. The van der Waals surface area contributed by atoms with Crippen LogP contribution in [-0.2, 0) is 14.3 Å². The van der Waals surface area contributed by atoms with Gasteiger partial charge in [-0.1, -0.05) is 0 Å². The first-order valence-electron chi connectivity index (χ1n) is 5.07. The van der Waals surface area contributed by atoms with Crippen LogP contribution < -0.4 is 10.6 Å². The molecule has 2 atom stereocenters. The second-order valence-corrected chi connectivity index (χ2v) is 3.57. The smallest absolute Gasteiger partial charge is 0.328 e. The number of carboxylic acids is 1. The highest BCUT2D eigenvalue weighted by Gasteiger charge is 2.22. The Morgan fingerprint density at radius 3 is 2.81 bits per heavy atom. The summed E-state index contributed by atoms with van der Waals surface area (Å²) in [7, 11) is 0. The molecule has 0 aromatic carbocycles. The number of hydrogen-bond acceptors (Lipinski definition) is 5. The summed E-state index contributed by atoms with van der Waals surface area (Å²) < 4.78 is 5.15. The van der Waals surface area contributed by atoms with Crippen molar-refractivity contribution in [1.82, 2.24) is 10.6 Å². The lowest BCUT2D eigenvalue weighted by molar-refractivity contribution is -0.143. The molecule has 0 aromatic rings. The number of nitrogens with one attached hydrogen (secondary N) is 2. The Labute approximate surface area is 92.8 Å². The number of carboxylic acid groups (broad SMARTS) is 1. The van der Waals surface area contributed by atoms with Crippen LogP contribution in [0.4, 0.5) is 0 Å². The third-order valence-corrected chi connectivity index (χ3v) is 2.25. The van der Waals surface area contributed by atoms with E-state index in [9.17, 15) is 9.59 Å². The van der Waals surface area contributed by atoms with Crippen LogP contribution in [0.2, 0.25) is 0 Å². The Hall–Kier alpha value is -1.18. The number of hydrogen-bond donors (Lipinski definition) is 4. The average Bonchev–Trinajstić information content (AvgIpc) is 2.27. The molecule has 0 aromatic heterocycles. The number of carbonyl (C=O) groups is 2. The molecule has 4 N–H and O–H groups in total. The molecule has 1 rings (SSSR count). The molecule has 2 unspecified atom stereocenters. The van der Waals surface area contributed by atoms with E-state index in [0.717, 1.165) is 0 Å². The van der Waals surface area contributed by atoms with Gasteiger partial charge < -0.3 is 25.6 Å². The van der Waals surface area contributed by atoms with Gasteiger partial charge in [-0.2, -0.15) is 0 Å². The summed E-state index contributed by atoms with van der Waals surface area (Å²) in [6.07, 6.45) is 0.143. The summed E-state index contributed by atoms with van der Waals surface area (Å²) in [5.41, 5.74) is 0. The van der Waals surface area contributed by atoms with Gasteiger partial charge in [-0.15, -0.1) is 0 Å². The molecular formula is C9H16N2O5. The third kappa shape index (κ3) is 4.13. The minimum Gasteiger partial charge on any atom is -0.480 e. The third-order valence-electron chi connectivity index (χ3n) is 2.25. The van der Waals surface area contributed by atoms with Gasteiger partial charge in [0.25, 0.3) is 0 Å². The average molecular weight is 232 g/mol. The van der Waals surface area contributed by atoms with E-state index < -0.39 is 24.5 Å². The fourth-order valence-electron chi connectivity index (χ4n) is 1.41. The van der Waals surface area contributed by atoms with Gasteiger partial charge in [0.05, 0.1) is 19.8 Å². The quantitative estimate of drug-likeness (QED) is 0.433. The molecule has 1 amide bonds.